The molecule has 2 rings (SSSR count). The molecule has 1 fully saturated rings. The number of nitrogens with one attached hydrogen (secondary N) is 1. The van der Waals surface area contributed by atoms with Gasteiger partial charge < -0.3 is 5.32 Å². The summed E-state index contributed by atoms with van der Waals surface area (Å²) in [6.07, 6.45) is 7.70. The molecule has 1 aromatic carbocycles. The smallest absolute Gasteiger partial charge is 0.0345 e. The van der Waals surface area contributed by atoms with E-state index in [9.17, 15) is 0 Å². The van der Waals surface area contributed by atoms with Gasteiger partial charge in [0.1, 0.15) is 0 Å². The molecule has 0 spiro atoms. The zero-order chi connectivity index (χ0) is 13.7. The third kappa shape index (κ3) is 4.25. The molecule has 0 amide bonds. The standard InChI is InChI=1S/C17H27NS/c1-13(2)17(14-8-5-4-6-9-14)18-15-10-7-11-16(12-15)19-3/h4-6,8-9,13,15-18H,7,10-12H2,1-3H3. The van der Waals surface area contributed by atoms with Gasteiger partial charge in [-0.2, -0.15) is 11.8 Å². The number of hydrogen-bond donors (Lipinski definition) is 1. The van der Waals surface area contributed by atoms with Crippen molar-refractivity contribution >= 4 is 11.8 Å². The fourth-order valence-corrected chi connectivity index (χ4v) is 3.93. The van der Waals surface area contributed by atoms with E-state index in [0.29, 0.717) is 18.0 Å². The van der Waals surface area contributed by atoms with Crippen LogP contribution < -0.4 is 5.32 Å². The lowest BCUT2D eigenvalue weighted by Crippen LogP contribution is -2.39. The van der Waals surface area contributed by atoms with Crippen molar-refractivity contribution in [2.75, 3.05) is 6.26 Å². The Labute approximate surface area is 122 Å². The summed E-state index contributed by atoms with van der Waals surface area (Å²) >= 11 is 2.04. The summed E-state index contributed by atoms with van der Waals surface area (Å²) in [7, 11) is 0. The van der Waals surface area contributed by atoms with Gasteiger partial charge in [-0.05, 0) is 37.0 Å². The first-order valence-electron chi connectivity index (χ1n) is 7.54. The lowest BCUT2D eigenvalue weighted by Gasteiger charge is -2.34. The van der Waals surface area contributed by atoms with Crippen molar-refractivity contribution in [1.82, 2.24) is 5.32 Å². The van der Waals surface area contributed by atoms with Crippen LogP contribution in [-0.4, -0.2) is 17.5 Å². The topological polar surface area (TPSA) is 12.0 Å². The predicted octanol–water partition coefficient (Wildman–Crippen LogP) is 4.65. The molecular formula is C17H27NS. The summed E-state index contributed by atoms with van der Waals surface area (Å²) < 4.78 is 0. The molecule has 1 aromatic rings. The van der Waals surface area contributed by atoms with Crippen molar-refractivity contribution in [2.45, 2.75) is 56.9 Å². The highest BCUT2D eigenvalue weighted by molar-refractivity contribution is 7.99. The van der Waals surface area contributed by atoms with Crippen molar-refractivity contribution in [3.8, 4) is 0 Å². The molecule has 0 aliphatic heterocycles. The molecule has 0 bridgehead atoms. The summed E-state index contributed by atoms with van der Waals surface area (Å²) in [6.45, 7) is 4.64. The first-order chi connectivity index (χ1) is 9.20. The maximum absolute atomic E-state index is 3.92. The monoisotopic (exact) mass is 277 g/mol. The fourth-order valence-electron chi connectivity index (χ4n) is 3.10. The summed E-state index contributed by atoms with van der Waals surface area (Å²) in [5, 5.41) is 4.78. The lowest BCUT2D eigenvalue weighted by atomic mass is 9.90. The zero-order valence-corrected chi connectivity index (χ0v) is 13.2. The molecule has 106 valence electrons. The normalized spacial score (nSPS) is 25.5. The number of benzene rings is 1. The first kappa shape index (κ1) is 14.9. The molecule has 1 aliphatic rings. The van der Waals surface area contributed by atoms with E-state index in [0.717, 1.165) is 5.25 Å². The van der Waals surface area contributed by atoms with Crippen LogP contribution in [0, 0.1) is 5.92 Å². The molecule has 1 aliphatic carbocycles. The molecule has 1 nitrogen and oxygen atoms in total. The molecule has 1 saturated carbocycles. The Morgan fingerprint density at radius 2 is 1.89 bits per heavy atom. The van der Waals surface area contributed by atoms with Crippen LogP contribution in [0.5, 0.6) is 0 Å². The van der Waals surface area contributed by atoms with Crippen LogP contribution >= 0.6 is 11.8 Å². The van der Waals surface area contributed by atoms with Gasteiger partial charge in [0.15, 0.2) is 0 Å². The highest BCUT2D eigenvalue weighted by Gasteiger charge is 2.25. The minimum atomic E-state index is 0.492. The van der Waals surface area contributed by atoms with Crippen molar-refractivity contribution in [1.29, 1.82) is 0 Å². The average molecular weight is 277 g/mol. The summed E-state index contributed by atoms with van der Waals surface area (Å²) in [5.41, 5.74) is 1.43. The SMILES string of the molecule is CSC1CCCC(NC(c2ccccc2)C(C)C)C1. The number of hydrogen-bond acceptors (Lipinski definition) is 2. The molecule has 19 heavy (non-hydrogen) atoms. The maximum Gasteiger partial charge on any atom is 0.0345 e. The Kier molecular flexibility index (Phi) is 5.77. The molecular weight excluding hydrogens is 250 g/mol. The number of thioether (sulfide) groups is 1. The van der Waals surface area contributed by atoms with Crippen molar-refractivity contribution in [2.24, 2.45) is 5.92 Å². The van der Waals surface area contributed by atoms with Crippen molar-refractivity contribution < 1.29 is 0 Å². The van der Waals surface area contributed by atoms with E-state index < -0.39 is 0 Å². The lowest BCUT2D eigenvalue weighted by molar-refractivity contribution is 0.304. The van der Waals surface area contributed by atoms with Crippen LogP contribution in [0.1, 0.15) is 51.1 Å². The molecule has 0 heterocycles. The molecule has 1 N–H and O–H groups in total. The van der Waals surface area contributed by atoms with Crippen LogP contribution in [0.2, 0.25) is 0 Å². The minimum Gasteiger partial charge on any atom is -0.307 e. The third-order valence-corrected chi connectivity index (χ3v) is 5.29. The van der Waals surface area contributed by atoms with E-state index in [4.69, 9.17) is 0 Å². The molecule has 0 aromatic heterocycles. The summed E-state index contributed by atoms with van der Waals surface area (Å²) in [6, 6.07) is 12.1. The van der Waals surface area contributed by atoms with Crippen molar-refractivity contribution in [3.63, 3.8) is 0 Å². The molecule has 2 heteroatoms. The van der Waals surface area contributed by atoms with Crippen LogP contribution in [0.25, 0.3) is 0 Å². The van der Waals surface area contributed by atoms with Gasteiger partial charge in [0, 0.05) is 17.3 Å². The Balaban J connectivity index is 2.01. The van der Waals surface area contributed by atoms with E-state index in [1.807, 2.05) is 11.8 Å². The van der Waals surface area contributed by atoms with Crippen LogP contribution in [-0.2, 0) is 0 Å². The van der Waals surface area contributed by atoms with E-state index in [1.54, 1.807) is 0 Å². The van der Waals surface area contributed by atoms with Crippen LogP contribution in [0.15, 0.2) is 30.3 Å². The van der Waals surface area contributed by atoms with E-state index in [1.165, 1.54) is 31.2 Å². The van der Waals surface area contributed by atoms with Gasteiger partial charge in [0.2, 0.25) is 0 Å². The van der Waals surface area contributed by atoms with Crippen LogP contribution in [0.4, 0.5) is 0 Å². The summed E-state index contributed by atoms with van der Waals surface area (Å²) in [5.74, 6) is 0.636. The Bertz CT molecular complexity index is 363. The second-order valence-electron chi connectivity index (χ2n) is 6.02. The largest absolute Gasteiger partial charge is 0.307 e. The summed E-state index contributed by atoms with van der Waals surface area (Å²) in [4.78, 5) is 0. The highest BCUT2D eigenvalue weighted by atomic mass is 32.2. The third-order valence-electron chi connectivity index (χ3n) is 4.20. The molecule has 3 atom stereocenters. The first-order valence-corrected chi connectivity index (χ1v) is 8.83. The van der Waals surface area contributed by atoms with E-state index in [2.05, 4.69) is 55.8 Å². The van der Waals surface area contributed by atoms with Gasteiger partial charge in [0.05, 0.1) is 0 Å². The predicted molar refractivity (Wildman–Crippen MR) is 86.7 cm³/mol. The Hall–Kier alpha value is -0.470. The average Bonchev–Trinajstić information content (AvgIpc) is 2.45. The quantitative estimate of drug-likeness (QED) is 0.841. The maximum atomic E-state index is 3.92. The molecule has 0 saturated heterocycles. The van der Waals surface area contributed by atoms with Gasteiger partial charge >= 0.3 is 0 Å². The fraction of sp³-hybridized carbons (Fsp3) is 0.647. The molecule has 3 unspecified atom stereocenters. The second-order valence-corrected chi connectivity index (χ2v) is 7.16. The molecule has 0 radical (unpaired) electrons. The van der Waals surface area contributed by atoms with Gasteiger partial charge in [-0.3, -0.25) is 0 Å². The van der Waals surface area contributed by atoms with Crippen LogP contribution in [0.3, 0.4) is 0 Å². The Morgan fingerprint density at radius 3 is 2.53 bits per heavy atom. The highest BCUT2D eigenvalue weighted by Crippen LogP contribution is 2.30. The zero-order valence-electron chi connectivity index (χ0n) is 12.4. The van der Waals surface area contributed by atoms with Gasteiger partial charge in [-0.1, -0.05) is 50.6 Å². The second kappa shape index (κ2) is 7.35. The minimum absolute atomic E-state index is 0.492. The Morgan fingerprint density at radius 1 is 1.16 bits per heavy atom. The van der Waals surface area contributed by atoms with Gasteiger partial charge in [-0.25, -0.2) is 0 Å². The van der Waals surface area contributed by atoms with E-state index >= 15 is 0 Å². The van der Waals surface area contributed by atoms with Gasteiger partial charge in [-0.15, -0.1) is 0 Å². The van der Waals surface area contributed by atoms with Crippen molar-refractivity contribution in [3.05, 3.63) is 35.9 Å². The number of rotatable bonds is 5. The van der Waals surface area contributed by atoms with Gasteiger partial charge in [0.25, 0.3) is 0 Å². The van der Waals surface area contributed by atoms with E-state index in [-0.39, 0.29) is 0 Å².